The summed E-state index contributed by atoms with van der Waals surface area (Å²) >= 11 is 0. The SMILES string of the molecule is CCCCCCCCCCCCCCCCN1C[C@@H]2CCCC[C@H]2C1. The smallest absolute Gasteiger partial charge is 0.00129 e. The first-order valence-electron chi connectivity index (χ1n) is 12.1. The first kappa shape index (κ1) is 21.3. The van der Waals surface area contributed by atoms with Gasteiger partial charge >= 0.3 is 0 Å². The second-order valence-electron chi connectivity index (χ2n) is 9.16. The highest BCUT2D eigenvalue weighted by Crippen LogP contribution is 2.36. The third kappa shape index (κ3) is 9.45. The molecule has 1 nitrogen and oxygen atoms in total. The minimum atomic E-state index is 1.07. The molecule has 0 bridgehead atoms. The number of unbranched alkanes of at least 4 members (excludes halogenated alkanes) is 13. The molecule has 148 valence electrons. The topological polar surface area (TPSA) is 3.24 Å². The van der Waals surface area contributed by atoms with Crippen LogP contribution in [0.1, 0.15) is 122 Å². The predicted octanol–water partition coefficient (Wildman–Crippen LogP) is 7.59. The van der Waals surface area contributed by atoms with Gasteiger partial charge in [-0.25, -0.2) is 0 Å². The van der Waals surface area contributed by atoms with E-state index in [4.69, 9.17) is 0 Å². The van der Waals surface area contributed by atoms with Crippen molar-refractivity contribution in [1.29, 1.82) is 0 Å². The van der Waals surface area contributed by atoms with E-state index in [9.17, 15) is 0 Å². The van der Waals surface area contributed by atoms with Crippen molar-refractivity contribution in [1.82, 2.24) is 4.90 Å². The van der Waals surface area contributed by atoms with Crippen LogP contribution in [0.25, 0.3) is 0 Å². The monoisotopic (exact) mass is 349 g/mol. The summed E-state index contributed by atoms with van der Waals surface area (Å²) in [6.45, 7) is 6.56. The molecule has 2 rings (SSSR count). The molecule has 0 spiro atoms. The molecule has 2 fully saturated rings. The van der Waals surface area contributed by atoms with Crippen molar-refractivity contribution in [2.75, 3.05) is 19.6 Å². The van der Waals surface area contributed by atoms with E-state index in [1.165, 1.54) is 135 Å². The minimum Gasteiger partial charge on any atom is -0.303 e. The van der Waals surface area contributed by atoms with Crippen LogP contribution in [0.15, 0.2) is 0 Å². The first-order valence-corrected chi connectivity index (χ1v) is 12.1. The van der Waals surface area contributed by atoms with Crippen molar-refractivity contribution in [3.63, 3.8) is 0 Å². The van der Waals surface area contributed by atoms with Crippen molar-refractivity contribution in [2.45, 2.75) is 122 Å². The van der Waals surface area contributed by atoms with Gasteiger partial charge in [-0.05, 0) is 37.6 Å². The first-order chi connectivity index (χ1) is 12.4. The summed E-state index contributed by atoms with van der Waals surface area (Å²) in [6.07, 6.45) is 26.7. The molecule has 1 aliphatic heterocycles. The quantitative estimate of drug-likeness (QED) is 0.275. The lowest BCUT2D eigenvalue weighted by Crippen LogP contribution is -2.22. The summed E-state index contributed by atoms with van der Waals surface area (Å²) in [5.74, 6) is 2.14. The van der Waals surface area contributed by atoms with Crippen LogP contribution in [0.3, 0.4) is 0 Å². The van der Waals surface area contributed by atoms with E-state index in [0.29, 0.717) is 0 Å². The second kappa shape index (κ2) is 14.1. The van der Waals surface area contributed by atoms with Gasteiger partial charge in [0.15, 0.2) is 0 Å². The number of fused-ring (bicyclic) bond motifs is 1. The Morgan fingerprint density at radius 2 is 0.960 bits per heavy atom. The van der Waals surface area contributed by atoms with E-state index in [-0.39, 0.29) is 0 Å². The molecule has 0 aromatic carbocycles. The highest BCUT2D eigenvalue weighted by atomic mass is 15.1. The normalized spacial score (nSPS) is 23.9. The molecule has 0 radical (unpaired) electrons. The molecular formula is C24H47N. The maximum atomic E-state index is 2.79. The van der Waals surface area contributed by atoms with Crippen LogP contribution in [-0.2, 0) is 0 Å². The van der Waals surface area contributed by atoms with Gasteiger partial charge in [0.1, 0.15) is 0 Å². The molecule has 0 aromatic heterocycles. The fourth-order valence-corrected chi connectivity index (χ4v) is 5.22. The zero-order chi connectivity index (χ0) is 17.6. The highest BCUT2D eigenvalue weighted by molar-refractivity contribution is 4.86. The van der Waals surface area contributed by atoms with Crippen LogP contribution in [0.5, 0.6) is 0 Å². The largest absolute Gasteiger partial charge is 0.303 e. The molecule has 0 amide bonds. The van der Waals surface area contributed by atoms with Gasteiger partial charge in [0, 0.05) is 13.1 Å². The van der Waals surface area contributed by atoms with E-state index >= 15 is 0 Å². The van der Waals surface area contributed by atoms with Gasteiger partial charge in [0.2, 0.25) is 0 Å². The Morgan fingerprint density at radius 1 is 0.560 bits per heavy atom. The molecule has 0 unspecified atom stereocenters. The lowest BCUT2D eigenvalue weighted by molar-refractivity contribution is 0.299. The standard InChI is InChI=1S/C24H47N/c1-2-3-4-5-6-7-8-9-10-11-12-13-14-17-20-25-21-23-18-15-16-19-24(23)22-25/h23-24H,2-22H2,1H3/t23-,24-/m0/s1. The molecule has 1 aliphatic carbocycles. The fraction of sp³-hybridized carbons (Fsp3) is 1.00. The summed E-state index contributed by atoms with van der Waals surface area (Å²) in [5, 5.41) is 0. The van der Waals surface area contributed by atoms with Crippen LogP contribution >= 0.6 is 0 Å². The van der Waals surface area contributed by atoms with Crippen LogP contribution < -0.4 is 0 Å². The Bertz CT molecular complexity index is 286. The second-order valence-corrected chi connectivity index (χ2v) is 9.16. The zero-order valence-corrected chi connectivity index (χ0v) is 17.5. The average molecular weight is 350 g/mol. The van der Waals surface area contributed by atoms with Gasteiger partial charge in [0.05, 0.1) is 0 Å². The number of hydrogen-bond donors (Lipinski definition) is 0. The maximum Gasteiger partial charge on any atom is 0.00129 e. The van der Waals surface area contributed by atoms with Crippen LogP contribution in [-0.4, -0.2) is 24.5 Å². The lowest BCUT2D eigenvalue weighted by Gasteiger charge is -2.23. The van der Waals surface area contributed by atoms with Gasteiger partial charge in [-0.1, -0.05) is 103 Å². The van der Waals surface area contributed by atoms with Crippen molar-refractivity contribution < 1.29 is 0 Å². The Morgan fingerprint density at radius 3 is 1.40 bits per heavy atom. The summed E-state index contributed by atoms with van der Waals surface area (Å²) in [7, 11) is 0. The van der Waals surface area contributed by atoms with Crippen LogP contribution in [0.2, 0.25) is 0 Å². The summed E-state index contributed by atoms with van der Waals surface area (Å²) < 4.78 is 0. The Kier molecular flexibility index (Phi) is 12.0. The summed E-state index contributed by atoms with van der Waals surface area (Å²) in [6, 6.07) is 0. The predicted molar refractivity (Wildman–Crippen MR) is 112 cm³/mol. The fourth-order valence-electron chi connectivity index (χ4n) is 5.22. The van der Waals surface area contributed by atoms with E-state index in [2.05, 4.69) is 11.8 Å². The number of rotatable bonds is 15. The molecule has 1 saturated heterocycles. The zero-order valence-electron chi connectivity index (χ0n) is 17.5. The van der Waals surface area contributed by atoms with E-state index in [0.717, 1.165) is 11.8 Å². The minimum absolute atomic E-state index is 1.07. The van der Waals surface area contributed by atoms with Crippen LogP contribution in [0.4, 0.5) is 0 Å². The molecule has 25 heavy (non-hydrogen) atoms. The van der Waals surface area contributed by atoms with Gasteiger partial charge in [-0.15, -0.1) is 0 Å². The Balaban J connectivity index is 1.28. The van der Waals surface area contributed by atoms with Crippen molar-refractivity contribution in [2.24, 2.45) is 11.8 Å². The van der Waals surface area contributed by atoms with E-state index < -0.39 is 0 Å². The third-order valence-corrected chi connectivity index (χ3v) is 6.88. The number of likely N-dealkylation sites (tertiary alicyclic amines) is 1. The molecule has 1 heteroatoms. The van der Waals surface area contributed by atoms with Gasteiger partial charge in [-0.3, -0.25) is 0 Å². The van der Waals surface area contributed by atoms with Crippen molar-refractivity contribution in [3.8, 4) is 0 Å². The van der Waals surface area contributed by atoms with E-state index in [1.54, 1.807) is 0 Å². The Hall–Kier alpha value is -0.0400. The van der Waals surface area contributed by atoms with Gasteiger partial charge in [-0.2, -0.15) is 0 Å². The number of hydrogen-bond acceptors (Lipinski definition) is 1. The van der Waals surface area contributed by atoms with Crippen LogP contribution in [0, 0.1) is 11.8 Å². The van der Waals surface area contributed by atoms with Gasteiger partial charge < -0.3 is 4.90 Å². The molecule has 2 atom stereocenters. The van der Waals surface area contributed by atoms with Gasteiger partial charge in [0.25, 0.3) is 0 Å². The molecule has 1 heterocycles. The highest BCUT2D eigenvalue weighted by Gasteiger charge is 2.33. The summed E-state index contributed by atoms with van der Waals surface area (Å²) in [5.41, 5.74) is 0. The molecular weight excluding hydrogens is 302 g/mol. The molecule has 2 aliphatic rings. The van der Waals surface area contributed by atoms with Crippen molar-refractivity contribution in [3.05, 3.63) is 0 Å². The Labute approximate surface area is 159 Å². The molecule has 0 N–H and O–H groups in total. The third-order valence-electron chi connectivity index (χ3n) is 6.88. The average Bonchev–Trinajstić information content (AvgIpc) is 3.05. The molecule has 1 saturated carbocycles. The van der Waals surface area contributed by atoms with Crippen molar-refractivity contribution >= 4 is 0 Å². The van der Waals surface area contributed by atoms with E-state index in [1.807, 2.05) is 0 Å². The summed E-state index contributed by atoms with van der Waals surface area (Å²) in [4.78, 5) is 2.79. The maximum absolute atomic E-state index is 2.79. The molecule has 0 aromatic rings. The number of nitrogens with zero attached hydrogens (tertiary/aromatic N) is 1. The lowest BCUT2D eigenvalue weighted by atomic mass is 9.82.